The molecule has 0 aromatic heterocycles. The van der Waals surface area contributed by atoms with Crippen LogP contribution >= 0.6 is 15.9 Å². The first-order valence-electron chi connectivity index (χ1n) is 6.67. The number of anilines is 1. The molecule has 0 aliphatic carbocycles. The molecule has 0 saturated heterocycles. The lowest BCUT2D eigenvalue weighted by Crippen LogP contribution is -2.09. The summed E-state index contributed by atoms with van der Waals surface area (Å²) in [6.07, 6.45) is 2.68. The molecule has 1 N–H and O–H groups in total. The van der Waals surface area contributed by atoms with Crippen LogP contribution in [0, 0.1) is 15.9 Å². The highest BCUT2D eigenvalue weighted by atomic mass is 79.9. The number of carbonyl (C=O) groups is 1. The predicted molar refractivity (Wildman–Crippen MR) is 91.4 cm³/mol. The van der Waals surface area contributed by atoms with Gasteiger partial charge in [0.15, 0.2) is 0 Å². The average Bonchev–Trinajstić information content (AvgIpc) is 2.55. The Labute approximate surface area is 145 Å². The van der Waals surface area contributed by atoms with E-state index in [0.717, 1.165) is 22.7 Å². The molecular weight excluding hydrogens is 383 g/mol. The van der Waals surface area contributed by atoms with Crippen LogP contribution in [0.5, 0.6) is 5.75 Å². The number of nitro benzene ring substituents is 1. The molecule has 6 nitrogen and oxygen atoms in total. The van der Waals surface area contributed by atoms with Crippen LogP contribution in [0.1, 0.15) is 5.56 Å². The Morgan fingerprint density at radius 2 is 2.08 bits per heavy atom. The molecule has 2 aromatic carbocycles. The second kappa shape index (κ2) is 7.69. The number of nitrogens with one attached hydrogen (secondary N) is 1. The Hall–Kier alpha value is -2.74. The van der Waals surface area contributed by atoms with Crippen molar-refractivity contribution in [3.05, 3.63) is 68.4 Å². The summed E-state index contributed by atoms with van der Waals surface area (Å²) >= 11 is 3.31. The third-order valence-corrected chi connectivity index (χ3v) is 3.52. The first kappa shape index (κ1) is 17.6. The maximum absolute atomic E-state index is 13.6. The van der Waals surface area contributed by atoms with Crippen molar-refractivity contribution in [2.75, 3.05) is 12.4 Å². The molecule has 1 amide bonds. The van der Waals surface area contributed by atoms with Gasteiger partial charge in [0, 0.05) is 28.2 Å². The number of ether oxygens (including phenoxy) is 1. The zero-order chi connectivity index (χ0) is 17.7. The first-order valence-corrected chi connectivity index (χ1v) is 7.46. The summed E-state index contributed by atoms with van der Waals surface area (Å²) in [5.74, 6) is -0.831. The highest BCUT2D eigenvalue weighted by Gasteiger charge is 2.12. The molecule has 8 heteroatoms. The fourth-order valence-electron chi connectivity index (χ4n) is 1.90. The van der Waals surface area contributed by atoms with E-state index in [9.17, 15) is 19.3 Å². The van der Waals surface area contributed by atoms with Gasteiger partial charge in [0.05, 0.1) is 17.7 Å². The number of hydrogen-bond acceptors (Lipinski definition) is 4. The molecule has 0 radical (unpaired) electrons. The van der Waals surface area contributed by atoms with E-state index in [4.69, 9.17) is 4.74 Å². The van der Waals surface area contributed by atoms with Crippen LogP contribution in [0.15, 0.2) is 46.9 Å². The Kier molecular flexibility index (Phi) is 5.64. The molecule has 0 saturated carbocycles. The molecule has 24 heavy (non-hydrogen) atoms. The van der Waals surface area contributed by atoms with E-state index >= 15 is 0 Å². The molecular formula is C16H12BrFN2O4. The molecule has 0 atom stereocenters. The average molecular weight is 395 g/mol. The molecule has 0 unspecified atom stereocenters. The van der Waals surface area contributed by atoms with Crippen LogP contribution in [0.25, 0.3) is 6.08 Å². The van der Waals surface area contributed by atoms with Crippen molar-refractivity contribution < 1.29 is 18.8 Å². The van der Waals surface area contributed by atoms with Gasteiger partial charge >= 0.3 is 0 Å². The van der Waals surface area contributed by atoms with Crippen LogP contribution in [-0.4, -0.2) is 17.9 Å². The maximum atomic E-state index is 13.6. The molecule has 2 aromatic rings. The fourth-order valence-corrected chi connectivity index (χ4v) is 2.28. The SMILES string of the molecule is COc1ccc(Br)cc1C=CC(=O)Nc1cc([N+](=O)[O-])ccc1F. The molecule has 0 bridgehead atoms. The van der Waals surface area contributed by atoms with E-state index in [1.165, 1.54) is 19.3 Å². The fraction of sp³-hybridized carbons (Fsp3) is 0.0625. The van der Waals surface area contributed by atoms with Crippen molar-refractivity contribution in [1.29, 1.82) is 0 Å². The van der Waals surface area contributed by atoms with Gasteiger partial charge in [-0.15, -0.1) is 0 Å². The van der Waals surface area contributed by atoms with Crippen molar-refractivity contribution in [3.8, 4) is 5.75 Å². The van der Waals surface area contributed by atoms with Crippen molar-refractivity contribution in [2.24, 2.45) is 0 Å². The smallest absolute Gasteiger partial charge is 0.271 e. The zero-order valence-corrected chi connectivity index (χ0v) is 14.0. The predicted octanol–water partition coefficient (Wildman–Crippen LogP) is 4.16. The van der Waals surface area contributed by atoms with Crippen LogP contribution in [-0.2, 0) is 4.79 Å². The third-order valence-electron chi connectivity index (χ3n) is 3.02. The Balaban J connectivity index is 2.18. The van der Waals surface area contributed by atoms with Gasteiger partial charge in [0.25, 0.3) is 5.69 Å². The number of carbonyl (C=O) groups excluding carboxylic acids is 1. The lowest BCUT2D eigenvalue weighted by atomic mass is 10.2. The van der Waals surface area contributed by atoms with E-state index in [-0.39, 0.29) is 11.4 Å². The van der Waals surface area contributed by atoms with Gasteiger partial charge in [-0.1, -0.05) is 15.9 Å². The number of amides is 1. The second-order valence-corrected chi connectivity index (χ2v) is 5.55. The lowest BCUT2D eigenvalue weighted by molar-refractivity contribution is -0.384. The number of benzene rings is 2. The van der Waals surface area contributed by atoms with Gasteiger partial charge in [-0.25, -0.2) is 4.39 Å². The zero-order valence-electron chi connectivity index (χ0n) is 12.5. The third kappa shape index (κ3) is 4.39. The minimum atomic E-state index is -0.762. The number of methoxy groups -OCH3 is 1. The number of halogens is 2. The number of nitro groups is 1. The topological polar surface area (TPSA) is 81.5 Å². The summed E-state index contributed by atoms with van der Waals surface area (Å²) in [5.41, 5.74) is 0.0611. The largest absolute Gasteiger partial charge is 0.496 e. The van der Waals surface area contributed by atoms with Crippen LogP contribution in [0.3, 0.4) is 0 Å². The molecule has 2 rings (SSSR count). The summed E-state index contributed by atoms with van der Waals surface area (Å²) in [5, 5.41) is 13.0. The normalized spacial score (nSPS) is 10.6. The van der Waals surface area contributed by atoms with Gasteiger partial charge in [0.2, 0.25) is 5.91 Å². The summed E-state index contributed by atoms with van der Waals surface area (Å²) in [6, 6.07) is 8.16. The minimum absolute atomic E-state index is 0.264. The molecule has 0 fully saturated rings. The highest BCUT2D eigenvalue weighted by molar-refractivity contribution is 9.10. The number of rotatable bonds is 5. The van der Waals surface area contributed by atoms with Crippen LogP contribution in [0.4, 0.5) is 15.8 Å². The Bertz CT molecular complexity index is 824. The monoisotopic (exact) mass is 394 g/mol. The number of hydrogen-bond donors (Lipinski definition) is 1. The summed E-state index contributed by atoms with van der Waals surface area (Å²) in [6.45, 7) is 0. The molecule has 0 aliphatic heterocycles. The van der Waals surface area contributed by atoms with E-state index in [1.807, 2.05) is 0 Å². The Morgan fingerprint density at radius 1 is 1.33 bits per heavy atom. The van der Waals surface area contributed by atoms with Gasteiger partial charge in [-0.05, 0) is 30.3 Å². The number of nitrogens with zero attached hydrogens (tertiary/aromatic N) is 1. The van der Waals surface area contributed by atoms with Gasteiger partial charge in [-0.3, -0.25) is 14.9 Å². The minimum Gasteiger partial charge on any atom is -0.496 e. The van der Waals surface area contributed by atoms with Crippen molar-refractivity contribution in [1.82, 2.24) is 0 Å². The van der Waals surface area contributed by atoms with Crippen LogP contribution in [0.2, 0.25) is 0 Å². The van der Waals surface area contributed by atoms with Crippen molar-refractivity contribution in [3.63, 3.8) is 0 Å². The van der Waals surface area contributed by atoms with E-state index < -0.39 is 16.6 Å². The molecule has 124 valence electrons. The second-order valence-electron chi connectivity index (χ2n) is 4.63. The molecule has 0 spiro atoms. The van der Waals surface area contributed by atoms with E-state index in [2.05, 4.69) is 21.2 Å². The van der Waals surface area contributed by atoms with Gasteiger partial charge < -0.3 is 10.1 Å². The maximum Gasteiger partial charge on any atom is 0.271 e. The number of non-ortho nitro benzene ring substituents is 1. The highest BCUT2D eigenvalue weighted by Crippen LogP contribution is 2.24. The van der Waals surface area contributed by atoms with Crippen LogP contribution < -0.4 is 10.1 Å². The standard InChI is InChI=1S/C16H12BrFN2O4/c1-24-15-6-3-11(17)8-10(15)2-7-16(21)19-14-9-12(20(22)23)4-5-13(14)18/h2-9H,1H3,(H,19,21). The lowest BCUT2D eigenvalue weighted by Gasteiger charge is -2.06. The quantitative estimate of drug-likeness (QED) is 0.468. The summed E-state index contributed by atoms with van der Waals surface area (Å²) in [7, 11) is 1.50. The first-order chi connectivity index (χ1) is 11.4. The molecule has 0 heterocycles. The van der Waals surface area contributed by atoms with Gasteiger partial charge in [-0.2, -0.15) is 0 Å². The van der Waals surface area contributed by atoms with E-state index in [1.54, 1.807) is 18.2 Å². The van der Waals surface area contributed by atoms with E-state index in [0.29, 0.717) is 11.3 Å². The van der Waals surface area contributed by atoms with Crippen molar-refractivity contribution >= 4 is 39.3 Å². The summed E-state index contributed by atoms with van der Waals surface area (Å²) < 4.78 is 19.6. The van der Waals surface area contributed by atoms with Crippen molar-refractivity contribution in [2.45, 2.75) is 0 Å². The molecule has 0 aliphatic rings. The summed E-state index contributed by atoms with van der Waals surface area (Å²) in [4.78, 5) is 21.9. The Morgan fingerprint density at radius 3 is 2.75 bits per heavy atom. The van der Waals surface area contributed by atoms with Gasteiger partial charge in [0.1, 0.15) is 11.6 Å².